The molecule has 31 heavy (non-hydrogen) atoms. The standard InChI is InChI=1S/C24H32N4O3/c1-4-6-22(29)17-25-20-11-13-21(14-12-20)28-23(19-9-7-18(3)8-10-19)26-24(27-28)31-16-15-30-5-2/h7-14,22,25,29H,4-6,15-17H2,1-3H3. The molecule has 3 aromatic rings. The van der Waals surface area contributed by atoms with Crippen LogP contribution < -0.4 is 10.1 Å². The number of aryl methyl sites for hydroxylation is 1. The zero-order valence-electron chi connectivity index (χ0n) is 18.5. The van der Waals surface area contributed by atoms with E-state index in [-0.39, 0.29) is 6.10 Å². The van der Waals surface area contributed by atoms with E-state index in [1.54, 1.807) is 4.68 Å². The van der Waals surface area contributed by atoms with Crippen molar-refractivity contribution in [1.82, 2.24) is 14.8 Å². The number of rotatable bonds is 12. The van der Waals surface area contributed by atoms with Crippen LogP contribution in [0, 0.1) is 6.92 Å². The Morgan fingerprint density at radius 1 is 1.03 bits per heavy atom. The molecule has 0 spiro atoms. The molecular weight excluding hydrogens is 392 g/mol. The molecule has 0 amide bonds. The highest BCUT2D eigenvalue weighted by Crippen LogP contribution is 2.25. The van der Waals surface area contributed by atoms with Gasteiger partial charge < -0.3 is 19.9 Å². The molecule has 1 aromatic heterocycles. The van der Waals surface area contributed by atoms with E-state index < -0.39 is 0 Å². The summed E-state index contributed by atoms with van der Waals surface area (Å²) in [7, 11) is 0. The molecule has 0 aliphatic carbocycles. The highest BCUT2D eigenvalue weighted by Gasteiger charge is 2.15. The van der Waals surface area contributed by atoms with Gasteiger partial charge in [0.15, 0.2) is 5.82 Å². The van der Waals surface area contributed by atoms with Crippen molar-refractivity contribution in [2.24, 2.45) is 0 Å². The van der Waals surface area contributed by atoms with Crippen LogP contribution in [0.15, 0.2) is 48.5 Å². The maximum Gasteiger partial charge on any atom is 0.336 e. The van der Waals surface area contributed by atoms with Crippen LogP contribution >= 0.6 is 0 Å². The molecule has 1 heterocycles. The minimum absolute atomic E-state index is 0.320. The first kappa shape index (κ1) is 22.8. The summed E-state index contributed by atoms with van der Waals surface area (Å²) < 4.78 is 12.8. The fourth-order valence-electron chi connectivity index (χ4n) is 3.15. The van der Waals surface area contributed by atoms with Gasteiger partial charge in [0.05, 0.1) is 18.4 Å². The quantitative estimate of drug-likeness (QED) is 0.424. The lowest BCUT2D eigenvalue weighted by atomic mass is 10.1. The van der Waals surface area contributed by atoms with E-state index in [0.717, 1.165) is 29.8 Å². The van der Waals surface area contributed by atoms with Crippen molar-refractivity contribution in [1.29, 1.82) is 0 Å². The van der Waals surface area contributed by atoms with E-state index in [2.05, 4.69) is 41.4 Å². The van der Waals surface area contributed by atoms with Crippen molar-refractivity contribution < 1.29 is 14.6 Å². The Morgan fingerprint density at radius 2 is 1.77 bits per heavy atom. The molecule has 0 aliphatic rings. The summed E-state index contributed by atoms with van der Waals surface area (Å²) in [6, 6.07) is 16.4. The normalized spacial score (nSPS) is 12.0. The third kappa shape index (κ3) is 6.54. The van der Waals surface area contributed by atoms with E-state index in [0.29, 0.717) is 38.2 Å². The molecule has 3 rings (SSSR count). The first-order chi connectivity index (χ1) is 15.1. The molecule has 0 saturated heterocycles. The lowest BCUT2D eigenvalue weighted by molar-refractivity contribution is 0.106. The molecular formula is C24H32N4O3. The number of hydrogen-bond acceptors (Lipinski definition) is 6. The van der Waals surface area contributed by atoms with Crippen LogP contribution in [-0.4, -0.2) is 52.3 Å². The summed E-state index contributed by atoms with van der Waals surface area (Å²) in [5, 5.41) is 17.8. The molecule has 2 N–H and O–H groups in total. The molecule has 0 bridgehead atoms. The van der Waals surface area contributed by atoms with Gasteiger partial charge in [0, 0.05) is 24.4 Å². The number of nitrogens with zero attached hydrogens (tertiary/aromatic N) is 3. The first-order valence-electron chi connectivity index (χ1n) is 10.9. The lowest BCUT2D eigenvalue weighted by Gasteiger charge is -2.12. The lowest BCUT2D eigenvalue weighted by Crippen LogP contribution is -2.18. The molecule has 0 aliphatic heterocycles. The van der Waals surface area contributed by atoms with Crippen molar-refractivity contribution >= 4 is 5.69 Å². The number of benzene rings is 2. The van der Waals surface area contributed by atoms with Crippen LogP contribution in [0.4, 0.5) is 5.69 Å². The van der Waals surface area contributed by atoms with Crippen LogP contribution in [0.25, 0.3) is 17.1 Å². The zero-order chi connectivity index (χ0) is 22.1. The average molecular weight is 425 g/mol. The summed E-state index contributed by atoms with van der Waals surface area (Å²) in [5.74, 6) is 0.713. The summed E-state index contributed by atoms with van der Waals surface area (Å²) in [5.41, 5.74) is 3.97. The van der Waals surface area contributed by atoms with Crippen LogP contribution in [0.2, 0.25) is 0 Å². The maximum absolute atomic E-state index is 9.92. The predicted molar refractivity (Wildman–Crippen MR) is 123 cm³/mol. The van der Waals surface area contributed by atoms with Gasteiger partial charge >= 0.3 is 6.01 Å². The minimum atomic E-state index is -0.343. The van der Waals surface area contributed by atoms with Crippen molar-refractivity contribution in [3.05, 3.63) is 54.1 Å². The van der Waals surface area contributed by atoms with E-state index in [4.69, 9.17) is 9.47 Å². The predicted octanol–water partition coefficient (Wildman–Crippen LogP) is 4.23. The number of aliphatic hydroxyl groups is 1. The third-order valence-electron chi connectivity index (χ3n) is 4.84. The smallest absolute Gasteiger partial charge is 0.336 e. The molecule has 7 nitrogen and oxygen atoms in total. The Labute approximate surface area is 184 Å². The Balaban J connectivity index is 1.80. The monoisotopic (exact) mass is 424 g/mol. The first-order valence-corrected chi connectivity index (χ1v) is 10.9. The average Bonchev–Trinajstić information content (AvgIpc) is 3.20. The second-order valence-electron chi connectivity index (χ2n) is 7.41. The van der Waals surface area contributed by atoms with Gasteiger partial charge in [0.2, 0.25) is 0 Å². The number of aliphatic hydroxyl groups excluding tert-OH is 1. The van der Waals surface area contributed by atoms with Crippen LogP contribution in [0.5, 0.6) is 6.01 Å². The summed E-state index contributed by atoms with van der Waals surface area (Å²) in [6.07, 6.45) is 1.41. The molecule has 7 heteroatoms. The summed E-state index contributed by atoms with van der Waals surface area (Å²) >= 11 is 0. The Hall–Kier alpha value is -2.90. The van der Waals surface area contributed by atoms with Crippen molar-refractivity contribution in [2.45, 2.75) is 39.7 Å². The number of nitrogens with one attached hydrogen (secondary N) is 1. The summed E-state index contributed by atoms with van der Waals surface area (Å²) in [6.45, 7) is 8.14. The molecule has 1 atom stereocenters. The van der Waals surface area contributed by atoms with Gasteiger partial charge in [0.1, 0.15) is 6.61 Å². The Kier molecular flexibility index (Phi) is 8.44. The maximum atomic E-state index is 9.92. The number of hydrogen-bond donors (Lipinski definition) is 2. The van der Waals surface area contributed by atoms with E-state index in [9.17, 15) is 5.11 Å². The molecule has 2 aromatic carbocycles. The number of anilines is 1. The Bertz CT molecular complexity index is 923. The third-order valence-corrected chi connectivity index (χ3v) is 4.84. The van der Waals surface area contributed by atoms with Gasteiger partial charge in [0.25, 0.3) is 0 Å². The van der Waals surface area contributed by atoms with Gasteiger partial charge in [-0.1, -0.05) is 43.2 Å². The zero-order valence-corrected chi connectivity index (χ0v) is 18.5. The number of ether oxygens (including phenoxy) is 2. The second-order valence-corrected chi connectivity index (χ2v) is 7.41. The van der Waals surface area contributed by atoms with Crippen LogP contribution in [0.1, 0.15) is 32.3 Å². The molecule has 166 valence electrons. The molecule has 0 saturated carbocycles. The highest BCUT2D eigenvalue weighted by atomic mass is 16.5. The highest BCUT2D eigenvalue weighted by molar-refractivity contribution is 5.60. The van der Waals surface area contributed by atoms with Crippen molar-refractivity contribution in [3.63, 3.8) is 0 Å². The molecule has 1 unspecified atom stereocenters. The Morgan fingerprint density at radius 3 is 2.45 bits per heavy atom. The SMILES string of the molecule is CCCC(O)CNc1ccc(-n2nc(OCCOCC)nc2-c2ccc(C)cc2)cc1. The molecule has 0 fully saturated rings. The van der Waals surface area contributed by atoms with E-state index >= 15 is 0 Å². The van der Waals surface area contributed by atoms with E-state index in [1.165, 1.54) is 5.56 Å². The van der Waals surface area contributed by atoms with Crippen LogP contribution in [0.3, 0.4) is 0 Å². The van der Waals surface area contributed by atoms with Crippen LogP contribution in [-0.2, 0) is 4.74 Å². The van der Waals surface area contributed by atoms with Gasteiger partial charge in [-0.05, 0) is 44.5 Å². The minimum Gasteiger partial charge on any atom is -0.460 e. The molecule has 0 radical (unpaired) electrons. The summed E-state index contributed by atoms with van der Waals surface area (Å²) in [4.78, 5) is 4.61. The fraction of sp³-hybridized carbons (Fsp3) is 0.417. The van der Waals surface area contributed by atoms with Crippen molar-refractivity contribution in [3.8, 4) is 23.1 Å². The fourth-order valence-corrected chi connectivity index (χ4v) is 3.15. The number of aromatic nitrogens is 3. The van der Waals surface area contributed by atoms with Crippen molar-refractivity contribution in [2.75, 3.05) is 31.7 Å². The van der Waals surface area contributed by atoms with Gasteiger partial charge in [-0.3, -0.25) is 0 Å². The van der Waals surface area contributed by atoms with Gasteiger partial charge in [-0.2, -0.15) is 4.98 Å². The topological polar surface area (TPSA) is 81.4 Å². The van der Waals surface area contributed by atoms with Gasteiger partial charge in [-0.15, -0.1) is 5.10 Å². The largest absolute Gasteiger partial charge is 0.460 e. The van der Waals surface area contributed by atoms with Gasteiger partial charge in [-0.25, -0.2) is 4.68 Å². The van der Waals surface area contributed by atoms with E-state index in [1.807, 2.05) is 43.3 Å². The second kappa shape index (κ2) is 11.5.